The molecule has 1 nitrogen and oxygen atoms in total. The van der Waals surface area contributed by atoms with Crippen LogP contribution in [0.15, 0.2) is 23.9 Å². The Bertz CT molecular complexity index is 145. The van der Waals surface area contributed by atoms with Gasteiger partial charge in [-0.1, -0.05) is 12.2 Å². The van der Waals surface area contributed by atoms with Crippen LogP contribution >= 0.6 is 0 Å². The molecule has 0 N–H and O–H groups in total. The molecule has 0 aromatic carbocycles. The van der Waals surface area contributed by atoms with E-state index in [0.717, 1.165) is 13.0 Å². The van der Waals surface area contributed by atoms with Crippen LogP contribution in [0.1, 0.15) is 13.3 Å². The minimum atomic E-state index is 1.10. The van der Waals surface area contributed by atoms with Crippen molar-refractivity contribution < 1.29 is 0 Å². The van der Waals surface area contributed by atoms with Gasteiger partial charge in [-0.2, -0.15) is 0 Å². The quantitative estimate of drug-likeness (QED) is 0.541. The molecule has 50 valence electrons. The minimum absolute atomic E-state index is 1.10. The summed E-state index contributed by atoms with van der Waals surface area (Å²) in [5, 5.41) is 0. The van der Waals surface area contributed by atoms with Crippen LogP contribution in [0.2, 0.25) is 0 Å². The van der Waals surface area contributed by atoms with E-state index in [-0.39, 0.29) is 0 Å². The summed E-state index contributed by atoms with van der Waals surface area (Å²) < 4.78 is 0. The fourth-order valence-corrected chi connectivity index (χ4v) is 0.922. The van der Waals surface area contributed by atoms with Crippen LogP contribution < -0.4 is 0 Å². The summed E-state index contributed by atoms with van der Waals surface area (Å²) in [6.07, 6.45) is 7.58. The Balaban J connectivity index is 2.45. The first-order valence-electron chi connectivity index (χ1n) is 3.41. The van der Waals surface area contributed by atoms with Crippen LogP contribution in [0, 0.1) is 0 Å². The number of nitrogens with zero attached hydrogens (tertiary/aromatic N) is 1. The topological polar surface area (TPSA) is 3.24 Å². The summed E-state index contributed by atoms with van der Waals surface area (Å²) in [5.74, 6) is 0. The van der Waals surface area contributed by atoms with Crippen molar-refractivity contribution in [2.45, 2.75) is 13.3 Å². The molecule has 0 fully saturated rings. The fraction of sp³-hybridized carbons (Fsp3) is 0.500. The predicted octanol–water partition coefficient (Wildman–Crippen LogP) is 1.78. The van der Waals surface area contributed by atoms with Crippen LogP contribution in [0.25, 0.3) is 0 Å². The van der Waals surface area contributed by atoms with E-state index in [9.17, 15) is 0 Å². The molecule has 0 saturated heterocycles. The Morgan fingerprint density at radius 1 is 1.67 bits per heavy atom. The standard InChI is InChI=1S/C8H13N/c1-3-9(2)8-6-4-5-7-8/h4-6H,3,7H2,1-2H3. The van der Waals surface area contributed by atoms with E-state index >= 15 is 0 Å². The van der Waals surface area contributed by atoms with Crippen molar-refractivity contribution >= 4 is 0 Å². The van der Waals surface area contributed by atoms with Crippen molar-refractivity contribution in [1.82, 2.24) is 4.90 Å². The smallest absolute Gasteiger partial charge is 0.0168 e. The molecule has 0 spiro atoms. The first-order chi connectivity index (χ1) is 4.34. The Morgan fingerprint density at radius 2 is 2.44 bits per heavy atom. The summed E-state index contributed by atoms with van der Waals surface area (Å²) >= 11 is 0. The highest BCUT2D eigenvalue weighted by Gasteiger charge is 2.01. The van der Waals surface area contributed by atoms with Crippen LogP contribution in [0.5, 0.6) is 0 Å². The van der Waals surface area contributed by atoms with E-state index in [0.29, 0.717) is 0 Å². The highest BCUT2D eigenvalue weighted by molar-refractivity contribution is 5.21. The zero-order valence-corrected chi connectivity index (χ0v) is 6.09. The third kappa shape index (κ3) is 1.35. The first-order valence-corrected chi connectivity index (χ1v) is 3.41. The van der Waals surface area contributed by atoms with Gasteiger partial charge in [-0.15, -0.1) is 0 Å². The second-order valence-electron chi connectivity index (χ2n) is 2.30. The summed E-state index contributed by atoms with van der Waals surface area (Å²) in [6.45, 7) is 3.27. The van der Waals surface area contributed by atoms with Gasteiger partial charge < -0.3 is 4.90 Å². The maximum absolute atomic E-state index is 2.26. The Labute approximate surface area is 56.7 Å². The average Bonchev–Trinajstić information content (AvgIpc) is 2.37. The fourth-order valence-electron chi connectivity index (χ4n) is 0.922. The Morgan fingerprint density at radius 3 is 2.89 bits per heavy atom. The summed E-state index contributed by atoms with van der Waals surface area (Å²) in [4.78, 5) is 2.26. The largest absolute Gasteiger partial charge is 0.378 e. The third-order valence-electron chi connectivity index (χ3n) is 1.72. The van der Waals surface area contributed by atoms with Crippen LogP contribution in [0.4, 0.5) is 0 Å². The summed E-state index contributed by atoms with van der Waals surface area (Å²) in [6, 6.07) is 0. The van der Waals surface area contributed by atoms with E-state index in [2.05, 4.69) is 37.1 Å². The van der Waals surface area contributed by atoms with Crippen molar-refractivity contribution in [3.05, 3.63) is 23.9 Å². The molecule has 1 aliphatic carbocycles. The SMILES string of the molecule is CCN(C)C1=CC=CC1. The predicted molar refractivity (Wildman–Crippen MR) is 40.1 cm³/mol. The molecule has 0 radical (unpaired) electrons. The van der Waals surface area contributed by atoms with Crippen molar-refractivity contribution in [3.8, 4) is 0 Å². The number of allylic oxidation sites excluding steroid dienone is 3. The normalized spacial score (nSPS) is 16.0. The maximum Gasteiger partial charge on any atom is 0.0168 e. The molecule has 0 aromatic rings. The zero-order chi connectivity index (χ0) is 6.69. The third-order valence-corrected chi connectivity index (χ3v) is 1.72. The molecule has 0 amide bonds. The monoisotopic (exact) mass is 123 g/mol. The molecule has 1 rings (SSSR count). The number of hydrogen-bond donors (Lipinski definition) is 0. The average molecular weight is 123 g/mol. The lowest BCUT2D eigenvalue weighted by Gasteiger charge is -2.17. The second kappa shape index (κ2) is 2.72. The van der Waals surface area contributed by atoms with E-state index in [1.807, 2.05) is 0 Å². The van der Waals surface area contributed by atoms with Gasteiger partial charge in [0.2, 0.25) is 0 Å². The molecule has 0 heterocycles. The van der Waals surface area contributed by atoms with E-state index in [1.165, 1.54) is 5.70 Å². The van der Waals surface area contributed by atoms with Gasteiger partial charge in [0.25, 0.3) is 0 Å². The van der Waals surface area contributed by atoms with Crippen LogP contribution in [-0.2, 0) is 0 Å². The lowest BCUT2D eigenvalue weighted by atomic mass is 10.3. The lowest BCUT2D eigenvalue weighted by Crippen LogP contribution is -2.15. The van der Waals surface area contributed by atoms with Gasteiger partial charge in [0.05, 0.1) is 0 Å². The Hall–Kier alpha value is -0.720. The highest BCUT2D eigenvalue weighted by Crippen LogP contribution is 2.12. The summed E-state index contributed by atoms with van der Waals surface area (Å²) in [5.41, 5.74) is 1.43. The van der Waals surface area contributed by atoms with Crippen molar-refractivity contribution in [3.63, 3.8) is 0 Å². The van der Waals surface area contributed by atoms with Gasteiger partial charge >= 0.3 is 0 Å². The summed E-state index contributed by atoms with van der Waals surface area (Å²) in [7, 11) is 2.12. The lowest BCUT2D eigenvalue weighted by molar-refractivity contribution is 0.436. The van der Waals surface area contributed by atoms with Gasteiger partial charge in [-0.05, 0) is 13.0 Å². The van der Waals surface area contributed by atoms with Gasteiger partial charge in [0.1, 0.15) is 0 Å². The van der Waals surface area contributed by atoms with Gasteiger partial charge in [0, 0.05) is 25.7 Å². The molecule has 0 bridgehead atoms. The molecule has 9 heavy (non-hydrogen) atoms. The molecule has 0 saturated carbocycles. The number of rotatable bonds is 2. The molecule has 0 atom stereocenters. The van der Waals surface area contributed by atoms with Crippen molar-refractivity contribution in [2.75, 3.05) is 13.6 Å². The van der Waals surface area contributed by atoms with E-state index < -0.39 is 0 Å². The molecule has 0 unspecified atom stereocenters. The minimum Gasteiger partial charge on any atom is -0.378 e. The van der Waals surface area contributed by atoms with Crippen molar-refractivity contribution in [1.29, 1.82) is 0 Å². The van der Waals surface area contributed by atoms with Crippen LogP contribution in [-0.4, -0.2) is 18.5 Å². The molecule has 1 aliphatic rings. The number of hydrogen-bond acceptors (Lipinski definition) is 1. The van der Waals surface area contributed by atoms with Gasteiger partial charge in [0.15, 0.2) is 0 Å². The second-order valence-corrected chi connectivity index (χ2v) is 2.30. The highest BCUT2D eigenvalue weighted by atomic mass is 15.1. The first kappa shape index (κ1) is 6.40. The molecule has 0 aliphatic heterocycles. The molecular formula is C8H13N. The molecule has 0 aromatic heterocycles. The maximum atomic E-state index is 2.26. The molecular weight excluding hydrogens is 110 g/mol. The zero-order valence-electron chi connectivity index (χ0n) is 6.09. The van der Waals surface area contributed by atoms with Crippen LogP contribution in [0.3, 0.4) is 0 Å². The molecule has 1 heteroatoms. The van der Waals surface area contributed by atoms with E-state index in [4.69, 9.17) is 0 Å². The van der Waals surface area contributed by atoms with Crippen molar-refractivity contribution in [2.24, 2.45) is 0 Å². The Kier molecular flexibility index (Phi) is 1.93. The van der Waals surface area contributed by atoms with Gasteiger partial charge in [-0.3, -0.25) is 0 Å². The van der Waals surface area contributed by atoms with Gasteiger partial charge in [-0.25, -0.2) is 0 Å². The van der Waals surface area contributed by atoms with E-state index in [1.54, 1.807) is 0 Å².